The first-order valence-corrected chi connectivity index (χ1v) is 6.00. The van der Waals surface area contributed by atoms with Crippen molar-refractivity contribution in [2.24, 2.45) is 0 Å². The smallest absolute Gasteiger partial charge is 0.222 e. The van der Waals surface area contributed by atoms with Crippen LogP contribution in [0.4, 0.5) is 16.2 Å². The monoisotopic (exact) mass is 239 g/mol. The molecule has 2 rings (SSSR count). The van der Waals surface area contributed by atoms with Crippen molar-refractivity contribution in [3.8, 4) is 0 Å². The molecule has 1 saturated heterocycles. The van der Waals surface area contributed by atoms with Gasteiger partial charge in [0.15, 0.2) is 11.6 Å². The Balaban J connectivity index is 1.72. The van der Waals surface area contributed by atoms with Gasteiger partial charge in [0, 0.05) is 6.54 Å². The fraction of sp³-hybridized carbons (Fsp3) is 0.636. The van der Waals surface area contributed by atoms with Crippen LogP contribution in [0, 0.1) is 5.82 Å². The Kier molecular flexibility index (Phi) is 4.08. The molecule has 1 fully saturated rings. The molecule has 3 N–H and O–H groups in total. The van der Waals surface area contributed by atoms with Crippen molar-refractivity contribution in [3.63, 3.8) is 0 Å². The Morgan fingerprint density at radius 3 is 2.94 bits per heavy atom. The van der Waals surface area contributed by atoms with Crippen LogP contribution in [0.5, 0.6) is 0 Å². The van der Waals surface area contributed by atoms with E-state index in [9.17, 15) is 4.39 Å². The van der Waals surface area contributed by atoms with Gasteiger partial charge in [0.25, 0.3) is 0 Å². The summed E-state index contributed by atoms with van der Waals surface area (Å²) in [7, 11) is 0. The van der Waals surface area contributed by atoms with E-state index in [2.05, 4.69) is 20.2 Å². The number of hydrogen-bond donors (Lipinski definition) is 2. The lowest BCUT2D eigenvalue weighted by atomic mass is 10.4. The van der Waals surface area contributed by atoms with Crippen LogP contribution >= 0.6 is 0 Å². The molecule has 5 nitrogen and oxygen atoms in total. The zero-order valence-corrected chi connectivity index (χ0v) is 9.82. The van der Waals surface area contributed by atoms with Crippen LogP contribution in [0.25, 0.3) is 0 Å². The molecule has 2 heterocycles. The molecular formula is C11H18FN5. The summed E-state index contributed by atoms with van der Waals surface area (Å²) in [5.41, 5.74) is 5.39. The average Bonchev–Trinajstić information content (AvgIpc) is 2.82. The third-order valence-electron chi connectivity index (χ3n) is 2.90. The molecule has 1 aromatic rings. The van der Waals surface area contributed by atoms with Crippen LogP contribution in [0.2, 0.25) is 0 Å². The molecule has 1 aliphatic rings. The maximum Gasteiger partial charge on any atom is 0.222 e. The molecule has 1 aromatic heterocycles. The van der Waals surface area contributed by atoms with Crippen molar-refractivity contribution in [1.82, 2.24) is 14.9 Å². The SMILES string of the molecule is Nc1ncc(F)c(NCCCN2CCCC2)n1. The van der Waals surface area contributed by atoms with E-state index in [0.717, 1.165) is 19.2 Å². The predicted octanol–water partition coefficient (Wildman–Crippen LogP) is 1.10. The second kappa shape index (κ2) is 5.77. The Hall–Kier alpha value is -1.43. The lowest BCUT2D eigenvalue weighted by Crippen LogP contribution is -2.22. The quantitative estimate of drug-likeness (QED) is 0.753. The second-order valence-electron chi connectivity index (χ2n) is 4.25. The number of hydrogen-bond acceptors (Lipinski definition) is 5. The molecule has 0 atom stereocenters. The zero-order chi connectivity index (χ0) is 12.1. The summed E-state index contributed by atoms with van der Waals surface area (Å²) < 4.78 is 13.2. The molecule has 0 saturated carbocycles. The van der Waals surface area contributed by atoms with Crippen molar-refractivity contribution in [1.29, 1.82) is 0 Å². The van der Waals surface area contributed by atoms with E-state index < -0.39 is 5.82 Å². The first-order chi connectivity index (χ1) is 8.25. The lowest BCUT2D eigenvalue weighted by molar-refractivity contribution is 0.337. The number of nitrogens with two attached hydrogens (primary N) is 1. The van der Waals surface area contributed by atoms with E-state index in [-0.39, 0.29) is 11.8 Å². The van der Waals surface area contributed by atoms with Crippen LogP contribution in [0.3, 0.4) is 0 Å². The van der Waals surface area contributed by atoms with Crippen molar-refractivity contribution in [2.45, 2.75) is 19.3 Å². The van der Waals surface area contributed by atoms with E-state index in [1.807, 2.05) is 0 Å². The highest BCUT2D eigenvalue weighted by Gasteiger charge is 2.10. The predicted molar refractivity (Wildman–Crippen MR) is 65.2 cm³/mol. The fourth-order valence-corrected chi connectivity index (χ4v) is 2.02. The van der Waals surface area contributed by atoms with Crippen LogP contribution in [0.15, 0.2) is 6.20 Å². The van der Waals surface area contributed by atoms with Gasteiger partial charge in [0.2, 0.25) is 5.95 Å². The molecule has 0 amide bonds. The first-order valence-electron chi connectivity index (χ1n) is 6.00. The molecule has 94 valence electrons. The van der Waals surface area contributed by atoms with Gasteiger partial charge in [-0.2, -0.15) is 4.98 Å². The number of rotatable bonds is 5. The maximum absolute atomic E-state index is 13.2. The molecule has 0 spiro atoms. The summed E-state index contributed by atoms with van der Waals surface area (Å²) in [6.07, 6.45) is 4.66. The van der Waals surface area contributed by atoms with Gasteiger partial charge < -0.3 is 16.0 Å². The molecule has 6 heteroatoms. The van der Waals surface area contributed by atoms with Crippen molar-refractivity contribution < 1.29 is 4.39 Å². The molecular weight excluding hydrogens is 221 g/mol. The topological polar surface area (TPSA) is 67.1 Å². The molecule has 0 radical (unpaired) electrons. The van der Waals surface area contributed by atoms with Gasteiger partial charge >= 0.3 is 0 Å². The maximum atomic E-state index is 13.2. The summed E-state index contributed by atoms with van der Waals surface area (Å²) >= 11 is 0. The van der Waals surface area contributed by atoms with Gasteiger partial charge in [0.05, 0.1) is 6.20 Å². The zero-order valence-electron chi connectivity index (χ0n) is 9.82. The van der Waals surface area contributed by atoms with E-state index in [1.165, 1.54) is 25.9 Å². The minimum absolute atomic E-state index is 0.0912. The third kappa shape index (κ3) is 3.52. The number of nitrogen functional groups attached to an aromatic ring is 1. The largest absolute Gasteiger partial charge is 0.368 e. The van der Waals surface area contributed by atoms with Crippen LogP contribution in [-0.2, 0) is 0 Å². The number of halogens is 1. The first kappa shape index (κ1) is 12.0. The van der Waals surface area contributed by atoms with Gasteiger partial charge in [-0.3, -0.25) is 0 Å². The Bertz CT molecular complexity index is 365. The van der Waals surface area contributed by atoms with E-state index in [4.69, 9.17) is 5.73 Å². The van der Waals surface area contributed by atoms with Crippen molar-refractivity contribution in [2.75, 3.05) is 37.2 Å². The van der Waals surface area contributed by atoms with Gasteiger partial charge in [-0.1, -0.05) is 0 Å². The second-order valence-corrected chi connectivity index (χ2v) is 4.25. The average molecular weight is 239 g/mol. The summed E-state index contributed by atoms with van der Waals surface area (Å²) in [6, 6.07) is 0. The summed E-state index contributed by atoms with van der Waals surface area (Å²) in [6.45, 7) is 4.13. The molecule has 1 aliphatic heterocycles. The highest BCUT2D eigenvalue weighted by atomic mass is 19.1. The van der Waals surface area contributed by atoms with Gasteiger partial charge in [-0.15, -0.1) is 0 Å². The summed E-state index contributed by atoms with van der Waals surface area (Å²) in [5.74, 6) is -0.173. The lowest BCUT2D eigenvalue weighted by Gasteiger charge is -2.14. The molecule has 0 aliphatic carbocycles. The number of nitrogens with zero attached hydrogens (tertiary/aromatic N) is 3. The number of likely N-dealkylation sites (tertiary alicyclic amines) is 1. The van der Waals surface area contributed by atoms with Crippen LogP contribution in [-0.4, -0.2) is 41.0 Å². The molecule has 0 aromatic carbocycles. The minimum atomic E-state index is -0.458. The fourth-order valence-electron chi connectivity index (χ4n) is 2.02. The van der Waals surface area contributed by atoms with Crippen LogP contribution < -0.4 is 11.1 Å². The Morgan fingerprint density at radius 1 is 1.41 bits per heavy atom. The summed E-state index contributed by atoms with van der Waals surface area (Å²) in [5, 5.41) is 2.94. The van der Waals surface area contributed by atoms with Crippen molar-refractivity contribution in [3.05, 3.63) is 12.0 Å². The highest BCUT2D eigenvalue weighted by Crippen LogP contribution is 2.11. The van der Waals surface area contributed by atoms with Gasteiger partial charge in [-0.25, -0.2) is 9.37 Å². The third-order valence-corrected chi connectivity index (χ3v) is 2.90. The number of aromatic nitrogens is 2. The van der Waals surface area contributed by atoms with E-state index in [1.54, 1.807) is 0 Å². The number of nitrogens with one attached hydrogen (secondary N) is 1. The van der Waals surface area contributed by atoms with Crippen molar-refractivity contribution >= 4 is 11.8 Å². The number of anilines is 2. The molecule has 0 unspecified atom stereocenters. The summed E-state index contributed by atoms with van der Waals surface area (Å²) in [4.78, 5) is 9.81. The van der Waals surface area contributed by atoms with Gasteiger partial charge in [-0.05, 0) is 38.9 Å². The van der Waals surface area contributed by atoms with Crippen LogP contribution in [0.1, 0.15) is 19.3 Å². The molecule has 17 heavy (non-hydrogen) atoms. The van der Waals surface area contributed by atoms with E-state index in [0.29, 0.717) is 6.54 Å². The Morgan fingerprint density at radius 2 is 2.18 bits per heavy atom. The standard InChI is InChI=1S/C11H18FN5/c12-9-8-15-11(13)16-10(9)14-4-3-7-17-5-1-2-6-17/h8H,1-7H2,(H3,13,14,15,16). The normalized spacial score (nSPS) is 16.3. The highest BCUT2D eigenvalue weighted by molar-refractivity contribution is 5.38. The Labute approximate surface area is 100 Å². The minimum Gasteiger partial charge on any atom is -0.368 e. The van der Waals surface area contributed by atoms with E-state index >= 15 is 0 Å². The van der Waals surface area contributed by atoms with Gasteiger partial charge in [0.1, 0.15) is 0 Å². The molecule has 0 bridgehead atoms.